The molecule has 6 aromatic carbocycles. The molecular weight excluding hydrogens is 1320 g/mol. The summed E-state index contributed by atoms with van der Waals surface area (Å²) < 4.78 is 29.4. The number of fused-ring (bicyclic) bond motifs is 3. The number of rotatable bonds is 11. The number of nitrogens with two attached hydrogens (primary N) is 1. The molecule has 3 saturated heterocycles. The number of aliphatic carboxylic acids is 1. The lowest BCUT2D eigenvalue weighted by atomic mass is 9.85. The lowest BCUT2D eigenvalue weighted by Crippen LogP contribution is -2.44. The first-order valence-corrected chi connectivity index (χ1v) is 32.2. The quantitative estimate of drug-likeness (QED) is 0.0543. The Labute approximate surface area is 570 Å². The molecule has 0 aliphatic carbocycles. The second-order valence-electron chi connectivity index (χ2n) is 23.9. The Kier molecular flexibility index (Phi) is 23.3. The Morgan fingerprint density at radius 2 is 0.794 bits per heavy atom. The molecule has 23 nitrogen and oxygen atoms in total. The molecule has 6 heterocycles. The summed E-state index contributed by atoms with van der Waals surface area (Å²) in [6, 6.07) is 27.9. The number of likely N-dealkylation sites (tertiary alicyclic amines) is 3. The van der Waals surface area contributed by atoms with E-state index in [1.165, 1.54) is 18.2 Å². The van der Waals surface area contributed by atoms with Crippen molar-refractivity contribution in [1.29, 1.82) is 0 Å². The van der Waals surface area contributed by atoms with Crippen molar-refractivity contribution in [3.63, 3.8) is 0 Å². The molecule has 0 radical (unpaired) electrons. The normalized spacial score (nSPS) is 19.0. The van der Waals surface area contributed by atoms with Gasteiger partial charge in [-0.05, 0) is 96.4 Å². The molecule has 97 heavy (non-hydrogen) atoms. The molecule has 9 aromatic rings. The molecule has 6 atom stereocenters. The molecule has 0 bridgehead atoms. The number of aliphatic hydroxyl groups excluding tert-OH is 1. The first-order chi connectivity index (χ1) is 46.2. The number of hydrogen-bond acceptors (Lipinski definition) is 22. The zero-order valence-electron chi connectivity index (χ0n) is 53.5. The minimum Gasteiger partial charge on any atom is -0.507 e. The van der Waals surface area contributed by atoms with Crippen molar-refractivity contribution in [1.82, 2.24) is 14.7 Å². The molecule has 12 rings (SSSR count). The Morgan fingerprint density at radius 1 is 0.485 bits per heavy atom. The highest BCUT2D eigenvalue weighted by molar-refractivity contribution is 6.34. The highest BCUT2D eigenvalue weighted by Crippen LogP contribution is 2.47. The third-order valence-corrected chi connectivity index (χ3v) is 18.1. The summed E-state index contributed by atoms with van der Waals surface area (Å²) in [6.07, 6.45) is 0.183. The SMILES string of the molecule is CCC(=O)O.CCC(=O)O[C@@H]1CN(C)CC[C@@H]1c1c(O)cc(O)c2c(=O)cc(-c3ccccc3Cl)oc12.CN1CC[C@H](c2c(O)cc(O)c3c(=O)cc(-c4ccccc4Cl)oc23)[C@H](O)C1.CN1CC[C@H](c2c(O)cc(O)c3c(=O)cc(-c4ccccc4Cl)oc23)[C@H](OC(=O)CN)C1. The molecule has 512 valence electrons. The number of aliphatic hydroxyl groups is 1. The van der Waals surface area contributed by atoms with Gasteiger partial charge in [-0.1, -0.05) is 85.0 Å². The van der Waals surface area contributed by atoms with Gasteiger partial charge in [-0.25, -0.2) is 0 Å². The highest BCUT2D eigenvalue weighted by atomic mass is 35.5. The van der Waals surface area contributed by atoms with Crippen molar-refractivity contribution in [2.75, 3.05) is 67.0 Å². The number of carbonyl (C=O) groups is 3. The van der Waals surface area contributed by atoms with Crippen LogP contribution in [0.15, 0.2) is 137 Å². The van der Waals surface area contributed by atoms with Crippen LogP contribution < -0.4 is 22.0 Å². The second-order valence-corrected chi connectivity index (χ2v) is 25.1. The maximum absolute atomic E-state index is 13.0. The van der Waals surface area contributed by atoms with Crippen LogP contribution in [-0.2, 0) is 23.9 Å². The van der Waals surface area contributed by atoms with Crippen LogP contribution >= 0.6 is 34.8 Å². The number of halogens is 3. The number of hydrogen-bond donors (Lipinski definition) is 9. The Bertz CT molecular complexity index is 4420. The van der Waals surface area contributed by atoms with E-state index in [9.17, 15) is 64.5 Å². The summed E-state index contributed by atoms with van der Waals surface area (Å²) in [6.45, 7) is 6.42. The van der Waals surface area contributed by atoms with E-state index in [4.69, 9.17) is 68.4 Å². The third kappa shape index (κ3) is 16.1. The largest absolute Gasteiger partial charge is 0.507 e. The molecule has 26 heteroatoms. The summed E-state index contributed by atoms with van der Waals surface area (Å²) >= 11 is 18.8. The number of ether oxygens (including phenoxy) is 2. The zero-order chi connectivity index (χ0) is 70.3. The first-order valence-electron chi connectivity index (χ1n) is 31.1. The van der Waals surface area contributed by atoms with E-state index in [0.717, 1.165) is 24.7 Å². The van der Waals surface area contributed by atoms with Gasteiger partial charge in [0.25, 0.3) is 0 Å². The fourth-order valence-corrected chi connectivity index (χ4v) is 13.0. The number of β-amino-alcohol motifs (C(OH)–C–C–N with tert-alkyl or cyclic N) is 1. The van der Waals surface area contributed by atoms with Crippen molar-refractivity contribution < 1.29 is 78.0 Å². The molecular formula is C71H73Cl3N4O19. The number of carboxylic acids is 1. The van der Waals surface area contributed by atoms with Gasteiger partial charge in [0.1, 0.15) is 96.9 Å². The second kappa shape index (κ2) is 31.4. The van der Waals surface area contributed by atoms with Gasteiger partial charge in [0, 0.05) is 120 Å². The maximum atomic E-state index is 13.0. The summed E-state index contributed by atoms with van der Waals surface area (Å²) in [5, 5.41) is 82.7. The lowest BCUT2D eigenvalue weighted by Gasteiger charge is -2.36. The Balaban J connectivity index is 0.000000165. The number of phenols is 6. The van der Waals surface area contributed by atoms with Gasteiger partial charge < -0.3 is 84.0 Å². The monoisotopic (exact) mass is 1390 g/mol. The van der Waals surface area contributed by atoms with E-state index in [-0.39, 0.29) is 104 Å². The number of nitrogens with zero attached hydrogens (tertiary/aromatic N) is 3. The molecule has 3 aliphatic rings. The van der Waals surface area contributed by atoms with Crippen molar-refractivity contribution in [3.05, 3.63) is 172 Å². The molecule has 0 unspecified atom stereocenters. The average Bonchev–Trinajstić information content (AvgIpc) is 0.763. The number of aromatic hydroxyl groups is 6. The zero-order valence-corrected chi connectivity index (χ0v) is 55.7. The molecule has 10 N–H and O–H groups in total. The van der Waals surface area contributed by atoms with E-state index < -0.39 is 70.0 Å². The van der Waals surface area contributed by atoms with Crippen LogP contribution in [0.5, 0.6) is 34.5 Å². The van der Waals surface area contributed by atoms with Crippen LogP contribution in [0.25, 0.3) is 66.9 Å². The predicted molar refractivity (Wildman–Crippen MR) is 366 cm³/mol. The van der Waals surface area contributed by atoms with Gasteiger partial charge in [0.15, 0.2) is 16.3 Å². The van der Waals surface area contributed by atoms with Crippen LogP contribution in [0, 0.1) is 0 Å². The Hall–Kier alpha value is -9.17. The Morgan fingerprint density at radius 3 is 1.10 bits per heavy atom. The number of piperidine rings is 3. The standard InChI is InChI=1S/C24H24ClNO6.C23H23ClN2O6.C21H20ClNO5.C3H6O2/c1-3-21(30)31-20-12-26(2)9-8-14(20)22-16(27)10-17(28)23-18(29)11-19(32-24(22)23)13-6-4-5-7-15(13)25;1-26-7-6-13(19(11-26)31-20(30)10-25)21-15(27)8-16(28)22-17(29)9-18(32-23(21)22)12-4-2-3-5-14(12)24;1-23-7-6-12(17(27)10-23)19-14(24)8-15(25)20-16(26)9-18(28-21(19)20)11-4-2-3-5-13(11)22;1-2-3(4)5/h4-7,10-11,14,20,27-28H,3,8-9,12H2,1-2H3;2-5,8-9,13,19,27-28H,6-7,10-11,25H2,1H3;2-5,8-9,12,17,24-25,27H,6-7,10H2,1H3;2H2,1H3,(H,4,5)/t14-,20+;13-,19+;12-,17+;/m000./s1. The average molecular weight is 1390 g/mol. The van der Waals surface area contributed by atoms with E-state index in [1.54, 1.807) is 86.6 Å². The topological polar surface area (TPSA) is 358 Å². The fraction of sp³-hybridized carbons (Fsp3) is 0.324. The minimum atomic E-state index is -0.745. The molecule has 0 amide bonds. The van der Waals surface area contributed by atoms with Crippen LogP contribution in [-0.4, -0.2) is 159 Å². The molecule has 0 spiro atoms. The van der Waals surface area contributed by atoms with Crippen molar-refractivity contribution in [2.24, 2.45) is 5.73 Å². The van der Waals surface area contributed by atoms with Crippen LogP contribution in [0.2, 0.25) is 15.1 Å². The van der Waals surface area contributed by atoms with Crippen molar-refractivity contribution in [3.8, 4) is 68.5 Å². The summed E-state index contributed by atoms with van der Waals surface area (Å²) in [5.74, 6) is -4.17. The molecule has 0 saturated carbocycles. The van der Waals surface area contributed by atoms with E-state index in [2.05, 4.69) is 0 Å². The minimum absolute atomic E-state index is 0.0188. The predicted octanol–water partition coefficient (Wildman–Crippen LogP) is 10.9. The molecule has 3 aromatic heterocycles. The highest BCUT2D eigenvalue weighted by Gasteiger charge is 2.39. The van der Waals surface area contributed by atoms with E-state index in [0.29, 0.717) is 100 Å². The van der Waals surface area contributed by atoms with Gasteiger partial charge >= 0.3 is 17.9 Å². The van der Waals surface area contributed by atoms with Crippen LogP contribution in [0.3, 0.4) is 0 Å². The number of phenolic OH excluding ortho intramolecular Hbond substituents is 6. The summed E-state index contributed by atoms with van der Waals surface area (Å²) in [4.78, 5) is 78.1. The van der Waals surface area contributed by atoms with Gasteiger partial charge in [-0.15, -0.1) is 0 Å². The first kappa shape index (κ1) is 72.1. The van der Waals surface area contributed by atoms with E-state index >= 15 is 0 Å². The van der Waals surface area contributed by atoms with Gasteiger partial charge in [-0.2, -0.15) is 0 Å². The number of esters is 2. The summed E-state index contributed by atoms with van der Waals surface area (Å²) in [7, 11) is 5.72. The smallest absolute Gasteiger partial charge is 0.320 e. The van der Waals surface area contributed by atoms with Crippen LogP contribution in [0.1, 0.15) is 80.4 Å². The lowest BCUT2D eigenvalue weighted by molar-refractivity contribution is -0.152. The fourth-order valence-electron chi connectivity index (χ4n) is 12.4. The number of likely N-dealkylation sites (N-methyl/N-ethyl adjacent to an activating group) is 3. The van der Waals surface area contributed by atoms with Crippen molar-refractivity contribution >= 4 is 85.6 Å². The van der Waals surface area contributed by atoms with E-state index in [1.807, 2.05) is 35.8 Å². The van der Waals surface area contributed by atoms with Gasteiger partial charge in [0.05, 0.1) is 27.7 Å². The number of carboxylic acid groups (broad SMARTS) is 1. The van der Waals surface area contributed by atoms with Crippen LogP contribution in [0.4, 0.5) is 0 Å². The van der Waals surface area contributed by atoms with Gasteiger partial charge in [0.2, 0.25) is 0 Å². The molecule has 3 fully saturated rings. The number of benzene rings is 6. The maximum Gasteiger partial charge on any atom is 0.320 e. The molecule has 3 aliphatic heterocycles. The number of carbonyl (C=O) groups excluding carboxylic acids is 2. The van der Waals surface area contributed by atoms with Crippen molar-refractivity contribution in [2.45, 2.75) is 82.0 Å². The third-order valence-electron chi connectivity index (χ3n) is 17.2. The van der Waals surface area contributed by atoms with Gasteiger partial charge in [-0.3, -0.25) is 28.8 Å². The summed E-state index contributed by atoms with van der Waals surface area (Å²) in [5.41, 5.74) is 6.72.